The Labute approximate surface area is 71.1 Å². The molecule has 0 saturated heterocycles. The maximum absolute atomic E-state index is 8.27. The summed E-state index contributed by atoms with van der Waals surface area (Å²) < 4.78 is 0. The summed E-state index contributed by atoms with van der Waals surface area (Å²) in [6.45, 7) is 0. The van der Waals surface area contributed by atoms with Gasteiger partial charge in [0.05, 0.1) is 12.5 Å². The predicted octanol–water partition coefficient (Wildman–Crippen LogP) is 2.33. The summed E-state index contributed by atoms with van der Waals surface area (Å²) in [5.41, 5.74) is 1.08. The Morgan fingerprint density at radius 2 is 1.80 bits per heavy atom. The zero-order valence-corrected chi connectivity index (χ0v) is 7.16. The molecule has 0 fully saturated rings. The third-order valence-electron chi connectivity index (χ3n) is 1.13. The zero-order valence-electron chi connectivity index (χ0n) is 5.45. The molecule has 0 aliphatic heterocycles. The molecule has 0 spiro atoms. The first-order valence-corrected chi connectivity index (χ1v) is 2.84. The number of benzene rings is 1. The summed E-state index contributed by atoms with van der Waals surface area (Å²) in [7, 11) is 0. The van der Waals surface area contributed by atoms with Gasteiger partial charge in [-0.05, 0) is 5.56 Å². The van der Waals surface area contributed by atoms with Crippen LogP contribution in [-0.4, -0.2) is 0 Å². The Morgan fingerprint density at radius 1 is 1.20 bits per heavy atom. The van der Waals surface area contributed by atoms with E-state index in [1.54, 1.807) is 0 Å². The van der Waals surface area contributed by atoms with Crippen LogP contribution in [0.5, 0.6) is 0 Å². The van der Waals surface area contributed by atoms with E-state index in [-0.39, 0.29) is 17.0 Å². The highest BCUT2D eigenvalue weighted by atomic mass is 79.9. The van der Waals surface area contributed by atoms with E-state index >= 15 is 0 Å². The van der Waals surface area contributed by atoms with E-state index in [1.165, 1.54) is 0 Å². The zero-order chi connectivity index (χ0) is 6.53. The van der Waals surface area contributed by atoms with Crippen LogP contribution in [0.2, 0.25) is 0 Å². The van der Waals surface area contributed by atoms with Crippen molar-refractivity contribution in [2.24, 2.45) is 0 Å². The Bertz CT molecular complexity index is 212. The topological polar surface area (TPSA) is 23.8 Å². The minimum Gasteiger partial charge on any atom is -0.198 e. The minimum absolute atomic E-state index is 0. The highest BCUT2D eigenvalue weighted by Gasteiger charge is 1.84. The van der Waals surface area contributed by atoms with Gasteiger partial charge >= 0.3 is 0 Å². The van der Waals surface area contributed by atoms with Crippen LogP contribution in [0.25, 0.3) is 0 Å². The van der Waals surface area contributed by atoms with Gasteiger partial charge in [0, 0.05) is 0 Å². The first-order chi connectivity index (χ1) is 4.43. The average molecular weight is 198 g/mol. The number of hydrogen-bond donors (Lipinski definition) is 0. The molecule has 10 heavy (non-hydrogen) atoms. The molecule has 0 atom stereocenters. The van der Waals surface area contributed by atoms with Gasteiger partial charge in [-0.1, -0.05) is 30.3 Å². The summed E-state index contributed by atoms with van der Waals surface area (Å²) in [4.78, 5) is 0. The number of halogens is 1. The fourth-order valence-electron chi connectivity index (χ4n) is 0.687. The summed E-state index contributed by atoms with van der Waals surface area (Å²) in [5, 5.41) is 8.27. The van der Waals surface area contributed by atoms with Crippen LogP contribution in [0.15, 0.2) is 30.3 Å². The Balaban J connectivity index is 0.000000810. The second-order valence-corrected chi connectivity index (χ2v) is 1.82. The van der Waals surface area contributed by atoms with Crippen molar-refractivity contribution in [3.8, 4) is 6.07 Å². The van der Waals surface area contributed by atoms with Crippen LogP contribution in [0.3, 0.4) is 0 Å². The smallest absolute Gasteiger partial charge is 0.0669 e. The van der Waals surface area contributed by atoms with E-state index in [1.807, 2.05) is 30.3 Å². The molecule has 0 aliphatic carbocycles. The van der Waals surface area contributed by atoms with Crippen LogP contribution in [0.1, 0.15) is 5.56 Å². The molecule has 0 bridgehead atoms. The fraction of sp³-hybridized carbons (Fsp3) is 0.125. The van der Waals surface area contributed by atoms with E-state index in [0.29, 0.717) is 6.42 Å². The van der Waals surface area contributed by atoms with E-state index in [0.717, 1.165) is 5.56 Å². The molecule has 0 N–H and O–H groups in total. The van der Waals surface area contributed by atoms with Gasteiger partial charge < -0.3 is 0 Å². The summed E-state index contributed by atoms with van der Waals surface area (Å²) in [6.07, 6.45) is 0.515. The van der Waals surface area contributed by atoms with Gasteiger partial charge in [-0.2, -0.15) is 5.26 Å². The predicted molar refractivity (Wildman–Crippen MR) is 46.1 cm³/mol. The van der Waals surface area contributed by atoms with Crippen LogP contribution in [0, 0.1) is 11.3 Å². The molecule has 52 valence electrons. The second-order valence-electron chi connectivity index (χ2n) is 1.82. The lowest BCUT2D eigenvalue weighted by atomic mass is 10.2. The molecule has 1 aromatic rings. The van der Waals surface area contributed by atoms with Gasteiger partial charge in [0.25, 0.3) is 0 Å². The Hall–Kier alpha value is -0.810. The quantitative estimate of drug-likeness (QED) is 0.679. The molecule has 1 nitrogen and oxygen atoms in total. The molecule has 0 aliphatic rings. The molecule has 0 saturated carbocycles. The summed E-state index contributed by atoms with van der Waals surface area (Å²) in [5.74, 6) is 0. The average Bonchev–Trinajstić information content (AvgIpc) is 1.91. The van der Waals surface area contributed by atoms with Crippen molar-refractivity contribution in [3.05, 3.63) is 35.9 Å². The van der Waals surface area contributed by atoms with Crippen LogP contribution >= 0.6 is 17.0 Å². The van der Waals surface area contributed by atoms with Crippen molar-refractivity contribution >= 4 is 17.0 Å². The van der Waals surface area contributed by atoms with Gasteiger partial charge in [-0.25, -0.2) is 0 Å². The van der Waals surface area contributed by atoms with Crippen LogP contribution < -0.4 is 0 Å². The van der Waals surface area contributed by atoms with Crippen molar-refractivity contribution < 1.29 is 0 Å². The normalized spacial score (nSPS) is 7.50. The third-order valence-corrected chi connectivity index (χ3v) is 1.13. The maximum atomic E-state index is 8.27. The molecule has 0 amide bonds. The first-order valence-electron chi connectivity index (χ1n) is 2.84. The van der Waals surface area contributed by atoms with Crippen molar-refractivity contribution in [2.45, 2.75) is 6.42 Å². The third kappa shape index (κ3) is 2.65. The Kier molecular flexibility index (Phi) is 4.61. The van der Waals surface area contributed by atoms with Crippen molar-refractivity contribution in [3.63, 3.8) is 0 Å². The maximum Gasteiger partial charge on any atom is 0.0669 e. The lowest BCUT2D eigenvalue weighted by molar-refractivity contribution is 1.26. The molecule has 0 radical (unpaired) electrons. The lowest BCUT2D eigenvalue weighted by Crippen LogP contribution is -1.76. The second kappa shape index (κ2) is 5.01. The molecular weight excluding hydrogens is 190 g/mol. The molecule has 1 aromatic carbocycles. The molecule has 0 heterocycles. The van der Waals surface area contributed by atoms with Gasteiger partial charge in [0.1, 0.15) is 0 Å². The van der Waals surface area contributed by atoms with Crippen molar-refractivity contribution in [1.29, 1.82) is 5.26 Å². The van der Waals surface area contributed by atoms with Crippen molar-refractivity contribution in [1.82, 2.24) is 0 Å². The molecular formula is C8H8BrN. The minimum atomic E-state index is 0. The molecule has 0 aromatic heterocycles. The van der Waals surface area contributed by atoms with Gasteiger partial charge in [0.2, 0.25) is 0 Å². The summed E-state index contributed by atoms with van der Waals surface area (Å²) in [6, 6.07) is 11.8. The van der Waals surface area contributed by atoms with Gasteiger partial charge in [-0.15, -0.1) is 17.0 Å². The highest BCUT2D eigenvalue weighted by molar-refractivity contribution is 8.93. The molecule has 0 unspecified atom stereocenters. The van der Waals surface area contributed by atoms with E-state index < -0.39 is 0 Å². The standard InChI is InChI=1S/C8H7N.BrH/c9-7-6-8-4-2-1-3-5-8;/h1-5H,6H2;1H. The SMILES string of the molecule is Br.N#CCc1ccccc1. The molecule has 2 heteroatoms. The highest BCUT2D eigenvalue weighted by Crippen LogP contribution is 1.96. The molecule has 1 rings (SSSR count). The number of hydrogen-bond acceptors (Lipinski definition) is 1. The largest absolute Gasteiger partial charge is 0.198 e. The summed E-state index contributed by atoms with van der Waals surface area (Å²) >= 11 is 0. The first kappa shape index (κ1) is 9.19. The van der Waals surface area contributed by atoms with Gasteiger partial charge in [-0.3, -0.25) is 0 Å². The lowest BCUT2D eigenvalue weighted by Gasteiger charge is -1.88. The van der Waals surface area contributed by atoms with E-state index in [9.17, 15) is 0 Å². The van der Waals surface area contributed by atoms with Crippen LogP contribution in [0.4, 0.5) is 0 Å². The van der Waals surface area contributed by atoms with Crippen molar-refractivity contribution in [2.75, 3.05) is 0 Å². The number of rotatable bonds is 1. The Morgan fingerprint density at radius 3 is 2.30 bits per heavy atom. The van der Waals surface area contributed by atoms with E-state index in [4.69, 9.17) is 5.26 Å². The van der Waals surface area contributed by atoms with Crippen LogP contribution in [-0.2, 0) is 6.42 Å². The fourth-order valence-corrected chi connectivity index (χ4v) is 0.687. The number of nitriles is 1. The number of nitrogens with zero attached hydrogens (tertiary/aromatic N) is 1. The van der Waals surface area contributed by atoms with Gasteiger partial charge in [0.15, 0.2) is 0 Å². The van der Waals surface area contributed by atoms with E-state index in [2.05, 4.69) is 6.07 Å². The monoisotopic (exact) mass is 197 g/mol.